The number of esters is 1. The number of piperidine rings is 1. The average Bonchev–Trinajstić information content (AvgIpc) is 2.68. The number of guanidine groups is 1. The molecule has 1 heterocycles. The molecule has 1 saturated carbocycles. The number of likely N-dealkylation sites (tertiary alicyclic amines) is 1. The van der Waals surface area contributed by atoms with E-state index in [4.69, 9.17) is 4.74 Å². The molecule has 0 bridgehead atoms. The van der Waals surface area contributed by atoms with Gasteiger partial charge in [-0.1, -0.05) is 19.3 Å². The van der Waals surface area contributed by atoms with Gasteiger partial charge >= 0.3 is 5.97 Å². The summed E-state index contributed by atoms with van der Waals surface area (Å²) in [5, 5.41) is 6.43. The Morgan fingerprint density at radius 1 is 1.11 bits per heavy atom. The monoisotopic (exact) mass is 508 g/mol. The Hall–Kier alpha value is -1.06. The van der Waals surface area contributed by atoms with Crippen LogP contribution in [0.1, 0.15) is 65.2 Å². The lowest BCUT2D eigenvalue weighted by molar-refractivity contribution is -0.149. The Labute approximate surface area is 186 Å². The first-order chi connectivity index (χ1) is 13.1. The van der Waals surface area contributed by atoms with E-state index in [2.05, 4.69) is 20.5 Å². The lowest BCUT2D eigenvalue weighted by Gasteiger charge is -2.34. The first-order valence-electron chi connectivity index (χ1n) is 10.6. The summed E-state index contributed by atoms with van der Waals surface area (Å²) < 4.78 is 5.18. The highest BCUT2D eigenvalue weighted by molar-refractivity contribution is 14.0. The van der Waals surface area contributed by atoms with Crippen LogP contribution in [0.15, 0.2) is 4.99 Å². The molecule has 0 aromatic carbocycles. The van der Waals surface area contributed by atoms with Crippen molar-refractivity contribution in [2.45, 2.75) is 71.3 Å². The Morgan fingerprint density at radius 3 is 2.54 bits per heavy atom. The van der Waals surface area contributed by atoms with E-state index < -0.39 is 0 Å². The molecule has 8 heteroatoms. The molecule has 1 amide bonds. The molecule has 1 aliphatic carbocycles. The second-order valence-electron chi connectivity index (χ2n) is 7.43. The van der Waals surface area contributed by atoms with E-state index in [0.29, 0.717) is 32.2 Å². The summed E-state index contributed by atoms with van der Waals surface area (Å²) in [6.07, 6.45) is 8.11. The van der Waals surface area contributed by atoms with Gasteiger partial charge in [0.2, 0.25) is 5.91 Å². The van der Waals surface area contributed by atoms with Gasteiger partial charge in [-0.3, -0.25) is 14.6 Å². The van der Waals surface area contributed by atoms with Crippen molar-refractivity contribution in [2.75, 3.05) is 32.8 Å². The molecule has 1 unspecified atom stereocenters. The lowest BCUT2D eigenvalue weighted by Crippen LogP contribution is -2.48. The van der Waals surface area contributed by atoms with Crippen LogP contribution in [-0.2, 0) is 14.3 Å². The van der Waals surface area contributed by atoms with Crippen molar-refractivity contribution in [1.82, 2.24) is 15.5 Å². The normalized spacial score (nSPS) is 20.9. The molecule has 7 nitrogen and oxygen atoms in total. The van der Waals surface area contributed by atoms with Gasteiger partial charge in [-0.15, -0.1) is 24.0 Å². The maximum Gasteiger partial charge on any atom is 0.310 e. The third-order valence-corrected chi connectivity index (χ3v) is 5.25. The maximum atomic E-state index is 12.2. The molecule has 1 aliphatic heterocycles. The first-order valence-corrected chi connectivity index (χ1v) is 10.6. The summed E-state index contributed by atoms with van der Waals surface area (Å²) in [5.41, 5.74) is 0. The molecule has 0 radical (unpaired) electrons. The predicted molar refractivity (Wildman–Crippen MR) is 122 cm³/mol. The molecule has 2 N–H and O–H groups in total. The van der Waals surface area contributed by atoms with Gasteiger partial charge in [-0.25, -0.2) is 0 Å². The Bertz CT molecular complexity index is 510. The summed E-state index contributed by atoms with van der Waals surface area (Å²) in [6.45, 7) is 6.99. The minimum absolute atomic E-state index is 0. The number of nitrogens with zero attached hydrogens (tertiary/aromatic N) is 2. The van der Waals surface area contributed by atoms with Crippen molar-refractivity contribution < 1.29 is 14.3 Å². The van der Waals surface area contributed by atoms with Crippen LogP contribution in [0.4, 0.5) is 0 Å². The number of nitrogens with one attached hydrogen (secondary N) is 2. The van der Waals surface area contributed by atoms with E-state index in [1.165, 1.54) is 19.3 Å². The molecule has 0 spiro atoms. The average molecular weight is 508 g/mol. The van der Waals surface area contributed by atoms with Crippen LogP contribution in [0.3, 0.4) is 0 Å². The maximum absolute atomic E-state index is 12.2. The standard InChI is InChI=1S/C20H36N4O3.HI/c1-3-21-20(24-14-8-9-16(15-24)19(26)27-4-2)22-13-12-18(25)23-17-10-6-5-7-11-17;/h16-17H,3-15H2,1-2H3,(H,21,22)(H,23,25);1H. The summed E-state index contributed by atoms with van der Waals surface area (Å²) in [5.74, 6) is 0.656. The van der Waals surface area contributed by atoms with Gasteiger partial charge in [0.05, 0.1) is 19.1 Å². The number of carbonyl (C=O) groups excluding carboxylic acids is 2. The van der Waals surface area contributed by atoms with E-state index in [1.54, 1.807) is 0 Å². The van der Waals surface area contributed by atoms with Gasteiger partial charge in [0.25, 0.3) is 0 Å². The number of aliphatic imine (C=N–C) groups is 1. The number of amides is 1. The van der Waals surface area contributed by atoms with Crippen molar-refractivity contribution >= 4 is 41.8 Å². The van der Waals surface area contributed by atoms with Gasteiger partial charge in [0.15, 0.2) is 5.96 Å². The van der Waals surface area contributed by atoms with Crippen LogP contribution < -0.4 is 10.6 Å². The largest absolute Gasteiger partial charge is 0.466 e. The topological polar surface area (TPSA) is 83.0 Å². The summed E-state index contributed by atoms with van der Waals surface area (Å²) in [6, 6.07) is 0.343. The summed E-state index contributed by atoms with van der Waals surface area (Å²) >= 11 is 0. The fourth-order valence-corrected chi connectivity index (χ4v) is 3.86. The number of hydrogen-bond donors (Lipinski definition) is 2. The number of carbonyl (C=O) groups is 2. The molecule has 28 heavy (non-hydrogen) atoms. The van der Waals surface area contributed by atoms with Crippen LogP contribution in [0, 0.1) is 5.92 Å². The number of ether oxygens (including phenoxy) is 1. The molecular weight excluding hydrogens is 471 g/mol. The zero-order valence-corrected chi connectivity index (χ0v) is 19.7. The quantitative estimate of drug-likeness (QED) is 0.239. The van der Waals surface area contributed by atoms with Crippen LogP contribution in [0.5, 0.6) is 0 Å². The highest BCUT2D eigenvalue weighted by atomic mass is 127. The van der Waals surface area contributed by atoms with Crippen molar-refractivity contribution in [3.05, 3.63) is 0 Å². The molecule has 0 aromatic rings. The smallest absolute Gasteiger partial charge is 0.310 e. The van der Waals surface area contributed by atoms with Gasteiger partial charge < -0.3 is 20.3 Å². The third kappa shape index (κ3) is 8.53. The number of halogens is 1. The summed E-state index contributed by atoms with van der Waals surface area (Å²) in [7, 11) is 0. The molecule has 1 saturated heterocycles. The van der Waals surface area contributed by atoms with Crippen LogP contribution >= 0.6 is 24.0 Å². The van der Waals surface area contributed by atoms with Crippen molar-refractivity contribution in [3.63, 3.8) is 0 Å². The van der Waals surface area contributed by atoms with Crippen LogP contribution in [0.2, 0.25) is 0 Å². The first kappa shape index (κ1) is 25.0. The molecule has 1 atom stereocenters. The van der Waals surface area contributed by atoms with Crippen molar-refractivity contribution in [3.8, 4) is 0 Å². The van der Waals surface area contributed by atoms with Crippen molar-refractivity contribution in [2.24, 2.45) is 10.9 Å². The van der Waals surface area contributed by atoms with Crippen LogP contribution in [-0.4, -0.2) is 61.6 Å². The second kappa shape index (κ2) is 14.0. The van der Waals surface area contributed by atoms with Crippen molar-refractivity contribution in [1.29, 1.82) is 0 Å². The Morgan fingerprint density at radius 2 is 1.86 bits per heavy atom. The highest BCUT2D eigenvalue weighted by Crippen LogP contribution is 2.19. The Kier molecular flexibility index (Phi) is 12.5. The van der Waals surface area contributed by atoms with E-state index in [-0.39, 0.29) is 41.8 Å². The van der Waals surface area contributed by atoms with E-state index in [1.807, 2.05) is 13.8 Å². The molecule has 2 aliphatic rings. The molecular formula is C20H37IN4O3. The minimum Gasteiger partial charge on any atom is -0.466 e. The Balaban J connectivity index is 0.00000392. The summed E-state index contributed by atoms with van der Waals surface area (Å²) in [4.78, 5) is 31.0. The van der Waals surface area contributed by atoms with Crippen LogP contribution in [0.25, 0.3) is 0 Å². The number of hydrogen-bond acceptors (Lipinski definition) is 4. The van der Waals surface area contributed by atoms with E-state index in [9.17, 15) is 9.59 Å². The number of rotatable bonds is 7. The zero-order valence-electron chi connectivity index (χ0n) is 17.4. The molecule has 0 aromatic heterocycles. The second-order valence-corrected chi connectivity index (χ2v) is 7.43. The lowest BCUT2D eigenvalue weighted by atomic mass is 9.95. The molecule has 162 valence electrons. The zero-order chi connectivity index (χ0) is 19.5. The third-order valence-electron chi connectivity index (χ3n) is 5.25. The fraction of sp³-hybridized carbons (Fsp3) is 0.850. The predicted octanol–water partition coefficient (Wildman–Crippen LogP) is 2.68. The van der Waals surface area contributed by atoms with Gasteiger partial charge in [-0.2, -0.15) is 0 Å². The van der Waals surface area contributed by atoms with E-state index in [0.717, 1.165) is 44.7 Å². The van der Waals surface area contributed by atoms with Gasteiger partial charge in [0, 0.05) is 32.1 Å². The SMILES string of the molecule is CCNC(=NCCC(=O)NC1CCCCC1)N1CCCC(C(=O)OCC)C1.I. The minimum atomic E-state index is -0.120. The van der Waals surface area contributed by atoms with Gasteiger partial charge in [0.1, 0.15) is 0 Å². The van der Waals surface area contributed by atoms with Gasteiger partial charge in [-0.05, 0) is 39.5 Å². The molecule has 2 fully saturated rings. The highest BCUT2D eigenvalue weighted by Gasteiger charge is 2.28. The van der Waals surface area contributed by atoms with E-state index >= 15 is 0 Å². The molecule has 2 rings (SSSR count). The fourth-order valence-electron chi connectivity index (χ4n) is 3.86.